The monoisotopic (exact) mass is 181 g/mol. The minimum absolute atomic E-state index is 0.109. The molecule has 0 spiro atoms. The van der Waals surface area contributed by atoms with Gasteiger partial charge < -0.3 is 9.67 Å². The van der Waals surface area contributed by atoms with E-state index >= 15 is 0 Å². The van der Waals surface area contributed by atoms with Gasteiger partial charge in [-0.3, -0.25) is 4.79 Å². The van der Waals surface area contributed by atoms with Crippen molar-refractivity contribution in [2.75, 3.05) is 0 Å². The van der Waals surface area contributed by atoms with Gasteiger partial charge in [0, 0.05) is 18.4 Å². The van der Waals surface area contributed by atoms with Crippen LogP contribution in [0.5, 0.6) is 0 Å². The lowest BCUT2D eigenvalue weighted by molar-refractivity contribution is -0.137. The molecule has 0 aliphatic carbocycles. The van der Waals surface area contributed by atoms with Crippen LogP contribution in [0.1, 0.15) is 32.2 Å². The fourth-order valence-electron chi connectivity index (χ4n) is 1.48. The van der Waals surface area contributed by atoms with Crippen LogP contribution in [0.25, 0.3) is 0 Å². The third kappa shape index (κ3) is 2.93. The highest BCUT2D eigenvalue weighted by Crippen LogP contribution is 2.17. The van der Waals surface area contributed by atoms with Crippen molar-refractivity contribution in [1.82, 2.24) is 4.57 Å². The quantitative estimate of drug-likeness (QED) is 0.757. The van der Waals surface area contributed by atoms with Crippen molar-refractivity contribution in [1.29, 1.82) is 0 Å². The second kappa shape index (κ2) is 4.70. The van der Waals surface area contributed by atoms with Crippen molar-refractivity contribution in [3.8, 4) is 0 Å². The van der Waals surface area contributed by atoms with Crippen LogP contribution in [-0.2, 0) is 4.79 Å². The molecule has 13 heavy (non-hydrogen) atoms. The third-order valence-corrected chi connectivity index (χ3v) is 2.08. The fraction of sp³-hybridized carbons (Fsp3) is 0.500. The van der Waals surface area contributed by atoms with Crippen molar-refractivity contribution >= 4 is 5.97 Å². The fourth-order valence-corrected chi connectivity index (χ4v) is 1.48. The van der Waals surface area contributed by atoms with E-state index in [1.807, 2.05) is 29.1 Å². The Morgan fingerprint density at radius 1 is 1.46 bits per heavy atom. The van der Waals surface area contributed by atoms with E-state index in [1.165, 1.54) is 0 Å². The van der Waals surface area contributed by atoms with E-state index in [4.69, 9.17) is 5.11 Å². The zero-order valence-electron chi connectivity index (χ0n) is 7.81. The normalized spacial score (nSPS) is 12.7. The van der Waals surface area contributed by atoms with Gasteiger partial charge in [-0.25, -0.2) is 0 Å². The van der Waals surface area contributed by atoms with Crippen LogP contribution in [0.4, 0.5) is 0 Å². The molecule has 1 rings (SSSR count). The van der Waals surface area contributed by atoms with Crippen LogP contribution in [-0.4, -0.2) is 15.6 Å². The molecule has 3 nitrogen and oxygen atoms in total. The van der Waals surface area contributed by atoms with E-state index in [0.717, 1.165) is 12.8 Å². The van der Waals surface area contributed by atoms with E-state index in [0.29, 0.717) is 0 Å². The molecule has 0 fully saturated rings. The summed E-state index contributed by atoms with van der Waals surface area (Å²) in [6, 6.07) is 3.95. The topological polar surface area (TPSA) is 42.2 Å². The summed E-state index contributed by atoms with van der Waals surface area (Å²) in [7, 11) is 0. The van der Waals surface area contributed by atoms with Gasteiger partial charge in [-0.1, -0.05) is 13.3 Å². The van der Waals surface area contributed by atoms with Crippen LogP contribution in [0.3, 0.4) is 0 Å². The summed E-state index contributed by atoms with van der Waals surface area (Å²) < 4.78 is 1.97. The highest BCUT2D eigenvalue weighted by Gasteiger charge is 2.12. The molecule has 1 aromatic rings. The van der Waals surface area contributed by atoms with Crippen LogP contribution in [0.2, 0.25) is 0 Å². The van der Waals surface area contributed by atoms with E-state index < -0.39 is 5.97 Å². The standard InChI is InChI=1S/C10H15NO2/c1-2-5-9(8-10(12)13)11-6-3-4-7-11/h3-4,6-7,9H,2,5,8H2,1H3,(H,12,13)/t9-/m1/s1. The molecule has 1 atom stereocenters. The molecule has 0 aromatic carbocycles. The Balaban J connectivity index is 2.62. The van der Waals surface area contributed by atoms with Crippen molar-refractivity contribution < 1.29 is 9.90 Å². The van der Waals surface area contributed by atoms with Gasteiger partial charge in [-0.15, -0.1) is 0 Å². The maximum Gasteiger partial charge on any atom is 0.305 e. The largest absolute Gasteiger partial charge is 0.481 e. The lowest BCUT2D eigenvalue weighted by Crippen LogP contribution is -2.11. The molecule has 0 amide bonds. The lowest BCUT2D eigenvalue weighted by atomic mass is 10.1. The number of carboxylic acids is 1. The van der Waals surface area contributed by atoms with E-state index in [9.17, 15) is 4.79 Å². The summed E-state index contributed by atoms with van der Waals surface area (Å²) in [5, 5.41) is 8.70. The average molecular weight is 181 g/mol. The van der Waals surface area contributed by atoms with Gasteiger partial charge in [0.25, 0.3) is 0 Å². The average Bonchev–Trinajstić information content (AvgIpc) is 2.54. The molecule has 0 bridgehead atoms. The molecule has 3 heteroatoms. The molecule has 72 valence electrons. The first-order valence-electron chi connectivity index (χ1n) is 4.58. The number of rotatable bonds is 5. The van der Waals surface area contributed by atoms with Gasteiger partial charge in [0.1, 0.15) is 0 Å². The highest BCUT2D eigenvalue weighted by atomic mass is 16.4. The maximum atomic E-state index is 10.6. The summed E-state index contributed by atoms with van der Waals surface area (Å²) >= 11 is 0. The lowest BCUT2D eigenvalue weighted by Gasteiger charge is -2.15. The van der Waals surface area contributed by atoms with E-state index in [-0.39, 0.29) is 12.5 Å². The Labute approximate surface area is 78.0 Å². The number of aliphatic carboxylic acids is 1. The minimum Gasteiger partial charge on any atom is -0.481 e. The number of nitrogens with zero attached hydrogens (tertiary/aromatic N) is 1. The summed E-state index contributed by atoms with van der Waals surface area (Å²) in [5.74, 6) is -0.729. The molecule has 0 aliphatic rings. The summed E-state index contributed by atoms with van der Waals surface area (Å²) in [6.45, 7) is 2.07. The molecule has 0 saturated carbocycles. The predicted molar refractivity (Wildman–Crippen MR) is 50.6 cm³/mol. The third-order valence-electron chi connectivity index (χ3n) is 2.08. The van der Waals surface area contributed by atoms with Crippen molar-refractivity contribution in [3.05, 3.63) is 24.5 Å². The molecular weight excluding hydrogens is 166 g/mol. The maximum absolute atomic E-state index is 10.6. The minimum atomic E-state index is -0.729. The molecule has 1 N–H and O–H groups in total. The first kappa shape index (κ1) is 9.84. The van der Waals surface area contributed by atoms with Crippen LogP contribution in [0.15, 0.2) is 24.5 Å². The Hall–Kier alpha value is -1.25. The Morgan fingerprint density at radius 2 is 2.08 bits per heavy atom. The number of carbonyl (C=O) groups is 1. The molecule has 0 unspecified atom stereocenters. The van der Waals surface area contributed by atoms with E-state index in [1.54, 1.807) is 0 Å². The highest BCUT2D eigenvalue weighted by molar-refractivity contribution is 5.67. The molecule has 0 radical (unpaired) electrons. The van der Waals surface area contributed by atoms with Crippen molar-refractivity contribution in [3.63, 3.8) is 0 Å². The van der Waals surface area contributed by atoms with Gasteiger partial charge in [0.15, 0.2) is 0 Å². The first-order valence-corrected chi connectivity index (χ1v) is 4.58. The van der Waals surface area contributed by atoms with Gasteiger partial charge in [0.05, 0.1) is 6.42 Å². The zero-order valence-corrected chi connectivity index (χ0v) is 7.81. The van der Waals surface area contributed by atoms with Gasteiger partial charge in [0.2, 0.25) is 0 Å². The second-order valence-electron chi connectivity index (χ2n) is 3.17. The van der Waals surface area contributed by atoms with E-state index in [2.05, 4.69) is 6.92 Å². The summed E-state index contributed by atoms with van der Waals surface area (Å²) in [5.41, 5.74) is 0. The first-order chi connectivity index (χ1) is 6.24. The molecule has 1 heterocycles. The van der Waals surface area contributed by atoms with Gasteiger partial charge in [-0.2, -0.15) is 0 Å². The van der Waals surface area contributed by atoms with Crippen LogP contribution in [0, 0.1) is 0 Å². The number of hydrogen-bond donors (Lipinski definition) is 1. The molecule has 0 aliphatic heterocycles. The second-order valence-corrected chi connectivity index (χ2v) is 3.17. The summed E-state index contributed by atoms with van der Waals surface area (Å²) in [4.78, 5) is 10.6. The Kier molecular flexibility index (Phi) is 3.55. The van der Waals surface area contributed by atoms with Crippen molar-refractivity contribution in [2.24, 2.45) is 0 Å². The summed E-state index contributed by atoms with van der Waals surface area (Å²) in [6.07, 6.45) is 5.98. The number of carboxylic acid groups (broad SMARTS) is 1. The van der Waals surface area contributed by atoms with Crippen LogP contribution < -0.4 is 0 Å². The molecule has 1 aromatic heterocycles. The van der Waals surface area contributed by atoms with Gasteiger partial charge >= 0.3 is 5.97 Å². The molecule has 0 saturated heterocycles. The number of hydrogen-bond acceptors (Lipinski definition) is 1. The number of aromatic nitrogens is 1. The predicted octanol–water partition coefficient (Wildman–Crippen LogP) is 2.30. The van der Waals surface area contributed by atoms with Gasteiger partial charge in [-0.05, 0) is 18.6 Å². The Morgan fingerprint density at radius 3 is 2.54 bits per heavy atom. The Bertz CT molecular complexity index is 254. The zero-order chi connectivity index (χ0) is 9.68. The SMILES string of the molecule is CCC[C@H](CC(=O)O)n1cccc1. The smallest absolute Gasteiger partial charge is 0.305 e. The molecular formula is C10H15NO2. The van der Waals surface area contributed by atoms with Crippen molar-refractivity contribution in [2.45, 2.75) is 32.2 Å². The van der Waals surface area contributed by atoms with Crippen LogP contribution >= 0.6 is 0 Å².